The van der Waals surface area contributed by atoms with E-state index in [0.29, 0.717) is 22.6 Å². The fourth-order valence-electron chi connectivity index (χ4n) is 4.75. The highest BCUT2D eigenvalue weighted by molar-refractivity contribution is 7.98. The van der Waals surface area contributed by atoms with E-state index in [9.17, 15) is 9.90 Å². The molecule has 2 N–H and O–H groups in total. The third kappa shape index (κ3) is 4.64. The molecule has 4 rings (SSSR count). The number of hydrogen-bond acceptors (Lipinski definition) is 7. The molecule has 2 aliphatic heterocycles. The van der Waals surface area contributed by atoms with E-state index in [2.05, 4.69) is 14.9 Å². The molecule has 2 saturated heterocycles. The number of likely N-dealkylation sites (tertiary alicyclic amines) is 2. The van der Waals surface area contributed by atoms with Crippen molar-refractivity contribution in [2.24, 2.45) is 11.8 Å². The lowest BCUT2D eigenvalue weighted by molar-refractivity contribution is -0.122. The Hall–Kier alpha value is -1.71. The molecule has 4 atom stereocenters. The van der Waals surface area contributed by atoms with Crippen molar-refractivity contribution >= 4 is 24.1 Å². The fraction of sp³-hybridized carbons (Fsp3) is 0.684. The quantitative estimate of drug-likeness (QED) is 0.437. The highest BCUT2D eigenvalue weighted by Crippen LogP contribution is 2.39. The van der Waals surface area contributed by atoms with Crippen molar-refractivity contribution in [2.45, 2.75) is 43.0 Å². The van der Waals surface area contributed by atoms with Crippen LogP contribution in [0.5, 0.6) is 0 Å². The molecule has 1 aromatic heterocycles. The van der Waals surface area contributed by atoms with Gasteiger partial charge < -0.3 is 15.1 Å². The van der Waals surface area contributed by atoms with E-state index in [4.69, 9.17) is 9.90 Å². The van der Waals surface area contributed by atoms with Crippen LogP contribution >= 0.6 is 11.8 Å². The number of carbonyl (C=O) groups excluding carboxylic acids is 1. The predicted octanol–water partition coefficient (Wildman–Crippen LogP) is 1.21. The Bertz CT molecular complexity index is 668. The van der Waals surface area contributed by atoms with Crippen LogP contribution in [0, 0.1) is 11.8 Å². The minimum absolute atomic E-state index is 0.0225. The molecule has 3 fully saturated rings. The first-order valence-electron chi connectivity index (χ1n) is 9.72. The first-order chi connectivity index (χ1) is 13.6. The first kappa shape index (κ1) is 21.0. The van der Waals surface area contributed by atoms with Crippen molar-refractivity contribution in [2.75, 3.05) is 32.4 Å². The van der Waals surface area contributed by atoms with E-state index in [1.807, 2.05) is 11.2 Å². The molecule has 0 unspecified atom stereocenters. The lowest BCUT2D eigenvalue weighted by Crippen LogP contribution is -2.48. The van der Waals surface area contributed by atoms with Gasteiger partial charge in [-0.15, -0.1) is 0 Å². The molecule has 3 heterocycles. The van der Waals surface area contributed by atoms with Gasteiger partial charge in [0.05, 0.1) is 11.7 Å². The molecule has 9 heteroatoms. The van der Waals surface area contributed by atoms with Gasteiger partial charge in [0, 0.05) is 31.5 Å². The van der Waals surface area contributed by atoms with Gasteiger partial charge in [0.1, 0.15) is 0 Å². The Morgan fingerprint density at radius 1 is 1.18 bits per heavy atom. The number of aromatic nitrogens is 2. The third-order valence-electron chi connectivity index (χ3n) is 6.06. The Morgan fingerprint density at radius 3 is 2.32 bits per heavy atom. The highest BCUT2D eigenvalue weighted by Gasteiger charge is 2.45. The predicted molar refractivity (Wildman–Crippen MR) is 105 cm³/mol. The second-order valence-corrected chi connectivity index (χ2v) is 8.42. The summed E-state index contributed by atoms with van der Waals surface area (Å²) in [4.78, 5) is 34.0. The number of nitrogens with zero attached hydrogens (tertiary/aromatic N) is 4. The molecule has 8 nitrogen and oxygen atoms in total. The van der Waals surface area contributed by atoms with Crippen LogP contribution in [0.2, 0.25) is 0 Å². The summed E-state index contributed by atoms with van der Waals surface area (Å²) in [5.41, 5.74) is 0.563. The van der Waals surface area contributed by atoms with Crippen LogP contribution < -0.4 is 0 Å². The number of amides is 1. The summed E-state index contributed by atoms with van der Waals surface area (Å²) in [7, 11) is 0. The summed E-state index contributed by atoms with van der Waals surface area (Å²) in [5.74, 6) is 0.947. The molecule has 1 aromatic rings. The van der Waals surface area contributed by atoms with Crippen molar-refractivity contribution in [3.8, 4) is 0 Å². The third-order valence-corrected chi connectivity index (χ3v) is 6.64. The Kier molecular flexibility index (Phi) is 7.25. The van der Waals surface area contributed by atoms with E-state index < -0.39 is 0 Å². The summed E-state index contributed by atoms with van der Waals surface area (Å²) >= 11 is 1.47. The molecule has 154 valence electrons. The molecule has 0 aromatic carbocycles. The SMILES string of the molecule is CSc1ncc(C(=O)N2C[C@H]3C[C@@H](N4CCCC4)[C@H](O)C[C@H]3C2)cn1.O=CO. The van der Waals surface area contributed by atoms with Crippen LogP contribution in [-0.2, 0) is 4.79 Å². The summed E-state index contributed by atoms with van der Waals surface area (Å²) in [5, 5.41) is 18.2. The maximum Gasteiger partial charge on any atom is 0.290 e. The number of aliphatic hydroxyl groups is 1. The van der Waals surface area contributed by atoms with Gasteiger partial charge in [0.2, 0.25) is 0 Å². The van der Waals surface area contributed by atoms with Crippen LogP contribution in [0.15, 0.2) is 17.6 Å². The number of aliphatic hydroxyl groups excluding tert-OH is 1. The molecule has 28 heavy (non-hydrogen) atoms. The van der Waals surface area contributed by atoms with Gasteiger partial charge in [-0.3, -0.25) is 14.5 Å². The number of carboxylic acid groups (broad SMARTS) is 1. The minimum atomic E-state index is -0.251. The topological polar surface area (TPSA) is 107 Å². The van der Waals surface area contributed by atoms with Gasteiger partial charge in [-0.25, -0.2) is 9.97 Å². The van der Waals surface area contributed by atoms with Crippen LogP contribution in [-0.4, -0.2) is 86.9 Å². The first-order valence-corrected chi connectivity index (χ1v) is 10.9. The van der Waals surface area contributed by atoms with E-state index in [1.54, 1.807) is 12.4 Å². The summed E-state index contributed by atoms with van der Waals surface area (Å²) < 4.78 is 0. The van der Waals surface area contributed by atoms with E-state index in [-0.39, 0.29) is 24.5 Å². The standard InChI is InChI=1S/C18H26N4O2S.CH2O2/c1-25-18-19-8-14(9-20-18)17(24)22-10-12-6-15(21-4-2-3-5-21)16(23)7-13(12)11-22;2-1-3/h8-9,12-13,15-16,23H,2-7,10-11H2,1H3;1H,(H,2,3)/t12-,13+,15-,16-;/m1./s1. The number of fused-ring (bicyclic) bond motifs is 1. The average Bonchev–Trinajstić information content (AvgIpc) is 3.37. The van der Waals surface area contributed by atoms with E-state index in [0.717, 1.165) is 39.0 Å². The second-order valence-electron chi connectivity index (χ2n) is 7.64. The zero-order valence-electron chi connectivity index (χ0n) is 16.1. The van der Waals surface area contributed by atoms with E-state index >= 15 is 0 Å². The fourth-order valence-corrected chi connectivity index (χ4v) is 5.07. The lowest BCUT2D eigenvalue weighted by Gasteiger charge is -2.40. The number of thioether (sulfide) groups is 1. The zero-order chi connectivity index (χ0) is 20.1. The van der Waals surface area contributed by atoms with Crippen LogP contribution in [0.25, 0.3) is 0 Å². The maximum absolute atomic E-state index is 12.8. The lowest BCUT2D eigenvalue weighted by atomic mass is 9.77. The summed E-state index contributed by atoms with van der Waals surface area (Å²) in [6, 6.07) is 0.281. The van der Waals surface area contributed by atoms with Crippen LogP contribution in [0.1, 0.15) is 36.0 Å². The van der Waals surface area contributed by atoms with Gasteiger partial charge in [0.15, 0.2) is 5.16 Å². The number of hydrogen-bond donors (Lipinski definition) is 2. The van der Waals surface area contributed by atoms with Crippen molar-refractivity contribution < 1.29 is 19.8 Å². The Balaban J connectivity index is 0.000000706. The van der Waals surface area contributed by atoms with Crippen molar-refractivity contribution in [3.05, 3.63) is 18.0 Å². The number of carbonyl (C=O) groups is 2. The Morgan fingerprint density at radius 2 is 1.75 bits per heavy atom. The molecule has 1 amide bonds. The van der Waals surface area contributed by atoms with Gasteiger partial charge in [-0.05, 0) is 56.9 Å². The molecule has 0 radical (unpaired) electrons. The molecular weight excluding hydrogens is 380 g/mol. The van der Waals surface area contributed by atoms with Gasteiger partial charge in [0.25, 0.3) is 12.4 Å². The number of rotatable bonds is 3. The molecule has 3 aliphatic rings. The minimum Gasteiger partial charge on any atom is -0.483 e. The normalized spacial score (nSPS) is 29.7. The Labute approximate surface area is 169 Å². The zero-order valence-corrected chi connectivity index (χ0v) is 16.9. The molecule has 0 bridgehead atoms. The molecule has 0 spiro atoms. The smallest absolute Gasteiger partial charge is 0.290 e. The highest BCUT2D eigenvalue weighted by atomic mass is 32.2. The summed E-state index contributed by atoms with van der Waals surface area (Å²) in [6.45, 7) is 3.52. The largest absolute Gasteiger partial charge is 0.483 e. The van der Waals surface area contributed by atoms with Gasteiger partial charge in [-0.1, -0.05) is 11.8 Å². The monoisotopic (exact) mass is 408 g/mol. The average molecular weight is 409 g/mol. The van der Waals surface area contributed by atoms with Crippen molar-refractivity contribution in [1.29, 1.82) is 0 Å². The van der Waals surface area contributed by atoms with Crippen molar-refractivity contribution in [1.82, 2.24) is 19.8 Å². The van der Waals surface area contributed by atoms with Crippen LogP contribution in [0.4, 0.5) is 0 Å². The summed E-state index contributed by atoms with van der Waals surface area (Å²) in [6.07, 6.45) is 9.25. The molecule has 1 saturated carbocycles. The van der Waals surface area contributed by atoms with E-state index in [1.165, 1.54) is 24.6 Å². The van der Waals surface area contributed by atoms with Crippen LogP contribution in [0.3, 0.4) is 0 Å². The molecular formula is C19H28N4O4S. The van der Waals surface area contributed by atoms with Gasteiger partial charge >= 0.3 is 0 Å². The maximum atomic E-state index is 12.8. The molecule has 1 aliphatic carbocycles. The van der Waals surface area contributed by atoms with Crippen molar-refractivity contribution in [3.63, 3.8) is 0 Å². The van der Waals surface area contributed by atoms with Gasteiger partial charge in [-0.2, -0.15) is 0 Å². The second kappa shape index (κ2) is 9.67.